The van der Waals surface area contributed by atoms with Crippen LogP contribution < -0.4 is 10.1 Å². The van der Waals surface area contributed by atoms with E-state index >= 15 is 0 Å². The molecule has 144 valence electrons. The highest BCUT2D eigenvalue weighted by molar-refractivity contribution is 5.78. The van der Waals surface area contributed by atoms with E-state index in [4.69, 9.17) is 9.47 Å². The van der Waals surface area contributed by atoms with E-state index in [0.29, 0.717) is 5.75 Å². The number of hydrogen-bond acceptors (Lipinski definition) is 4. The lowest BCUT2D eigenvalue weighted by Crippen LogP contribution is -2.44. The van der Waals surface area contributed by atoms with Gasteiger partial charge in [-0.2, -0.15) is 0 Å². The minimum absolute atomic E-state index is 0.00847. The smallest absolute Gasteiger partial charge is 0.258 e. The minimum atomic E-state index is -0.116. The van der Waals surface area contributed by atoms with E-state index in [1.807, 2.05) is 31.2 Å². The standard InChI is InChI=1S/C22H28N2O3/c1-17-3-7-19(8-4-17)21(15-24-11-13-26-14-12-24)23-22(25)16-27-20-9-5-18(2)6-10-20/h3-10,21H,11-16H2,1-2H3,(H,23,25)/t21-/m0/s1. The monoisotopic (exact) mass is 368 g/mol. The quantitative estimate of drug-likeness (QED) is 0.817. The third kappa shape index (κ3) is 6.08. The molecule has 2 aromatic carbocycles. The van der Waals surface area contributed by atoms with Gasteiger partial charge in [-0.05, 0) is 31.5 Å². The van der Waals surface area contributed by atoms with Crippen LogP contribution >= 0.6 is 0 Å². The molecule has 5 nitrogen and oxygen atoms in total. The number of benzene rings is 2. The molecule has 0 aromatic heterocycles. The van der Waals surface area contributed by atoms with Crippen molar-refractivity contribution in [3.63, 3.8) is 0 Å². The van der Waals surface area contributed by atoms with Gasteiger partial charge in [0.1, 0.15) is 5.75 Å². The molecule has 0 spiro atoms. The molecular weight excluding hydrogens is 340 g/mol. The van der Waals surface area contributed by atoms with E-state index in [0.717, 1.165) is 44.0 Å². The van der Waals surface area contributed by atoms with Gasteiger partial charge in [0.2, 0.25) is 0 Å². The molecule has 0 unspecified atom stereocenters. The Morgan fingerprint density at radius 1 is 1.04 bits per heavy atom. The summed E-state index contributed by atoms with van der Waals surface area (Å²) in [5.74, 6) is 0.588. The van der Waals surface area contributed by atoms with Gasteiger partial charge in [0.25, 0.3) is 5.91 Å². The third-order valence-corrected chi connectivity index (χ3v) is 4.75. The van der Waals surface area contributed by atoms with Crippen molar-refractivity contribution in [2.75, 3.05) is 39.5 Å². The van der Waals surface area contributed by atoms with Crippen molar-refractivity contribution < 1.29 is 14.3 Å². The van der Waals surface area contributed by atoms with Crippen LogP contribution in [0.3, 0.4) is 0 Å². The van der Waals surface area contributed by atoms with Crippen molar-refractivity contribution in [1.82, 2.24) is 10.2 Å². The fourth-order valence-electron chi connectivity index (χ4n) is 3.09. The molecule has 1 saturated heterocycles. The van der Waals surface area contributed by atoms with Gasteiger partial charge < -0.3 is 14.8 Å². The van der Waals surface area contributed by atoms with Crippen LogP contribution in [0.4, 0.5) is 0 Å². The lowest BCUT2D eigenvalue weighted by molar-refractivity contribution is -0.124. The molecule has 1 aliphatic heterocycles. The zero-order valence-electron chi connectivity index (χ0n) is 16.1. The molecule has 1 atom stereocenters. The van der Waals surface area contributed by atoms with E-state index in [-0.39, 0.29) is 18.6 Å². The summed E-state index contributed by atoms with van der Waals surface area (Å²) in [6, 6.07) is 16.0. The first kappa shape index (κ1) is 19.4. The molecule has 1 N–H and O–H groups in total. The van der Waals surface area contributed by atoms with Crippen molar-refractivity contribution in [2.24, 2.45) is 0 Å². The van der Waals surface area contributed by atoms with Crippen molar-refractivity contribution in [3.8, 4) is 5.75 Å². The third-order valence-electron chi connectivity index (χ3n) is 4.75. The van der Waals surface area contributed by atoms with Crippen LogP contribution in [0.2, 0.25) is 0 Å². The number of amides is 1. The molecule has 1 aliphatic rings. The van der Waals surface area contributed by atoms with Gasteiger partial charge in [0.15, 0.2) is 6.61 Å². The predicted molar refractivity (Wildman–Crippen MR) is 106 cm³/mol. The number of aryl methyl sites for hydroxylation is 2. The van der Waals surface area contributed by atoms with Crippen molar-refractivity contribution in [1.29, 1.82) is 0 Å². The van der Waals surface area contributed by atoms with E-state index in [1.165, 1.54) is 5.56 Å². The predicted octanol–water partition coefficient (Wildman–Crippen LogP) is 2.87. The Balaban J connectivity index is 1.61. The number of nitrogens with zero attached hydrogens (tertiary/aromatic N) is 1. The Labute approximate surface area is 161 Å². The van der Waals surface area contributed by atoms with Crippen molar-refractivity contribution >= 4 is 5.91 Å². The Kier molecular flexibility index (Phi) is 6.85. The number of nitrogens with one attached hydrogen (secondary N) is 1. The van der Waals surface area contributed by atoms with Crippen LogP contribution in [0.25, 0.3) is 0 Å². The first-order valence-corrected chi connectivity index (χ1v) is 9.45. The maximum absolute atomic E-state index is 12.5. The molecule has 1 heterocycles. The second-order valence-corrected chi connectivity index (χ2v) is 7.05. The summed E-state index contributed by atoms with van der Waals surface area (Å²) in [7, 11) is 0. The zero-order valence-corrected chi connectivity index (χ0v) is 16.1. The van der Waals surface area contributed by atoms with Crippen LogP contribution in [0, 0.1) is 13.8 Å². The van der Waals surface area contributed by atoms with Crippen LogP contribution in [-0.4, -0.2) is 50.3 Å². The maximum atomic E-state index is 12.5. The first-order chi connectivity index (χ1) is 13.1. The van der Waals surface area contributed by atoms with E-state index in [2.05, 4.69) is 41.4 Å². The number of hydrogen-bond donors (Lipinski definition) is 1. The molecule has 0 saturated carbocycles. The highest BCUT2D eigenvalue weighted by atomic mass is 16.5. The molecule has 0 aliphatic carbocycles. The van der Waals surface area contributed by atoms with Crippen molar-refractivity contribution in [2.45, 2.75) is 19.9 Å². The average Bonchev–Trinajstić information content (AvgIpc) is 2.68. The van der Waals surface area contributed by atoms with Gasteiger partial charge in [0, 0.05) is 19.6 Å². The Morgan fingerprint density at radius 3 is 2.26 bits per heavy atom. The second kappa shape index (κ2) is 9.53. The summed E-state index contributed by atoms with van der Waals surface area (Å²) in [5.41, 5.74) is 3.48. The number of morpholine rings is 1. The van der Waals surface area contributed by atoms with Crippen LogP contribution in [0.1, 0.15) is 22.7 Å². The van der Waals surface area contributed by atoms with Gasteiger partial charge in [-0.1, -0.05) is 47.5 Å². The second-order valence-electron chi connectivity index (χ2n) is 7.05. The van der Waals surface area contributed by atoms with Crippen LogP contribution in [0.15, 0.2) is 48.5 Å². The molecule has 5 heteroatoms. The molecule has 27 heavy (non-hydrogen) atoms. The number of carbonyl (C=O) groups is 1. The summed E-state index contributed by atoms with van der Waals surface area (Å²) in [6.45, 7) is 8.12. The maximum Gasteiger partial charge on any atom is 0.258 e. The summed E-state index contributed by atoms with van der Waals surface area (Å²) >= 11 is 0. The largest absolute Gasteiger partial charge is 0.484 e. The average molecular weight is 368 g/mol. The van der Waals surface area contributed by atoms with Gasteiger partial charge in [0.05, 0.1) is 19.3 Å². The lowest BCUT2D eigenvalue weighted by atomic mass is 10.0. The molecule has 0 radical (unpaired) electrons. The van der Waals surface area contributed by atoms with Crippen LogP contribution in [-0.2, 0) is 9.53 Å². The zero-order chi connectivity index (χ0) is 19.1. The molecule has 2 aromatic rings. The van der Waals surface area contributed by atoms with E-state index in [9.17, 15) is 4.79 Å². The Hall–Kier alpha value is -2.37. The number of carbonyl (C=O) groups excluding carboxylic acids is 1. The van der Waals surface area contributed by atoms with E-state index < -0.39 is 0 Å². The summed E-state index contributed by atoms with van der Waals surface area (Å²) < 4.78 is 11.1. The minimum Gasteiger partial charge on any atom is -0.484 e. The summed E-state index contributed by atoms with van der Waals surface area (Å²) in [4.78, 5) is 14.8. The Morgan fingerprint density at radius 2 is 1.63 bits per heavy atom. The number of rotatable bonds is 7. The highest BCUT2D eigenvalue weighted by Gasteiger charge is 2.20. The van der Waals surface area contributed by atoms with Gasteiger partial charge in [-0.25, -0.2) is 0 Å². The molecule has 1 fully saturated rings. The summed E-state index contributed by atoms with van der Waals surface area (Å²) in [5, 5.41) is 3.14. The Bertz CT molecular complexity index is 722. The normalized spacial score (nSPS) is 15.9. The first-order valence-electron chi connectivity index (χ1n) is 9.45. The van der Waals surface area contributed by atoms with Gasteiger partial charge in [-0.3, -0.25) is 9.69 Å². The fraction of sp³-hybridized carbons (Fsp3) is 0.409. The lowest BCUT2D eigenvalue weighted by Gasteiger charge is -2.31. The molecule has 1 amide bonds. The molecular formula is C22H28N2O3. The fourth-order valence-corrected chi connectivity index (χ4v) is 3.09. The van der Waals surface area contributed by atoms with E-state index in [1.54, 1.807) is 0 Å². The number of ether oxygens (including phenoxy) is 2. The highest BCUT2D eigenvalue weighted by Crippen LogP contribution is 2.17. The topological polar surface area (TPSA) is 50.8 Å². The van der Waals surface area contributed by atoms with Crippen molar-refractivity contribution in [3.05, 3.63) is 65.2 Å². The molecule has 0 bridgehead atoms. The summed E-state index contributed by atoms with van der Waals surface area (Å²) in [6.07, 6.45) is 0. The van der Waals surface area contributed by atoms with Gasteiger partial charge in [-0.15, -0.1) is 0 Å². The SMILES string of the molecule is Cc1ccc(OCC(=O)N[C@@H](CN2CCOCC2)c2ccc(C)cc2)cc1. The van der Waals surface area contributed by atoms with Gasteiger partial charge >= 0.3 is 0 Å². The molecule has 3 rings (SSSR count). The van der Waals surface area contributed by atoms with Crippen LogP contribution in [0.5, 0.6) is 5.75 Å².